The van der Waals surface area contributed by atoms with E-state index in [-0.39, 0.29) is 18.3 Å². The quantitative estimate of drug-likeness (QED) is 0.161. The van der Waals surface area contributed by atoms with E-state index in [9.17, 15) is 9.18 Å². The lowest BCUT2D eigenvalue weighted by molar-refractivity contribution is 0.0955. The zero-order chi connectivity index (χ0) is 26.2. The number of nitrogens with zero attached hydrogens (tertiary/aromatic N) is 2. The van der Waals surface area contributed by atoms with E-state index in [2.05, 4.69) is 20.8 Å². The summed E-state index contributed by atoms with van der Waals surface area (Å²) in [5.74, 6) is -0.0647. The van der Waals surface area contributed by atoms with Gasteiger partial charge in [0.1, 0.15) is 18.2 Å². The lowest BCUT2D eigenvalue weighted by atomic mass is 10.1. The molecule has 0 unspecified atom stereocenters. The number of carbonyl (C=O) groups is 1. The molecule has 6 nitrogen and oxygen atoms in total. The van der Waals surface area contributed by atoms with Crippen molar-refractivity contribution in [2.45, 2.75) is 6.61 Å². The van der Waals surface area contributed by atoms with Gasteiger partial charge in [-0.25, -0.2) is 14.8 Å². The molecule has 0 saturated heterocycles. The topological polar surface area (TPSA) is 75.6 Å². The Morgan fingerprint density at radius 2 is 1.74 bits per heavy atom. The number of amides is 1. The molecule has 2 N–H and O–H groups in total. The summed E-state index contributed by atoms with van der Waals surface area (Å²) >= 11 is 1.52. The summed E-state index contributed by atoms with van der Waals surface area (Å²) in [7, 11) is 0. The highest BCUT2D eigenvalue weighted by atomic mass is 32.1. The maximum Gasteiger partial charge on any atom is 0.271 e. The molecule has 1 amide bonds. The zero-order valence-electron chi connectivity index (χ0n) is 20.2. The number of carbonyl (C=O) groups excluding carboxylic acids is 1. The first-order chi connectivity index (χ1) is 18.6. The molecule has 0 fully saturated rings. The Morgan fingerprint density at radius 1 is 0.947 bits per heavy atom. The molecule has 0 saturated carbocycles. The summed E-state index contributed by atoms with van der Waals surface area (Å²) in [4.78, 5) is 17.2. The zero-order valence-corrected chi connectivity index (χ0v) is 21.0. The van der Waals surface area contributed by atoms with E-state index >= 15 is 0 Å². The van der Waals surface area contributed by atoms with Gasteiger partial charge in [0.2, 0.25) is 0 Å². The van der Waals surface area contributed by atoms with E-state index in [4.69, 9.17) is 4.74 Å². The summed E-state index contributed by atoms with van der Waals surface area (Å²) in [6, 6.07) is 30.7. The van der Waals surface area contributed by atoms with Gasteiger partial charge >= 0.3 is 0 Å². The number of halogens is 1. The fourth-order valence-corrected chi connectivity index (χ4v) is 4.33. The molecule has 0 atom stereocenters. The Kier molecular flexibility index (Phi) is 7.81. The number of hydrogen-bond donors (Lipinski definition) is 2. The van der Waals surface area contributed by atoms with Crippen LogP contribution in [0, 0.1) is 5.82 Å². The van der Waals surface area contributed by atoms with Gasteiger partial charge in [0.15, 0.2) is 5.13 Å². The number of anilines is 2. The third kappa shape index (κ3) is 6.48. The molecule has 1 heterocycles. The molecule has 8 heteroatoms. The van der Waals surface area contributed by atoms with E-state index in [0.717, 1.165) is 27.6 Å². The molecule has 0 aliphatic carbocycles. The lowest BCUT2D eigenvalue weighted by Crippen LogP contribution is -2.17. The highest BCUT2D eigenvalue weighted by Gasteiger charge is 2.08. The molecule has 5 aromatic rings. The van der Waals surface area contributed by atoms with Crippen LogP contribution in [-0.4, -0.2) is 17.1 Å². The Balaban J connectivity index is 1.15. The number of ether oxygens (including phenoxy) is 1. The Hall–Kier alpha value is -4.82. The van der Waals surface area contributed by atoms with E-state index in [1.807, 2.05) is 53.9 Å². The van der Waals surface area contributed by atoms with Gasteiger partial charge < -0.3 is 10.1 Å². The fraction of sp³-hybridized carbons (Fsp3) is 0.0333. The van der Waals surface area contributed by atoms with Crippen molar-refractivity contribution < 1.29 is 13.9 Å². The van der Waals surface area contributed by atoms with Crippen molar-refractivity contribution in [1.82, 2.24) is 10.4 Å². The number of thiazole rings is 1. The average Bonchev–Trinajstić information content (AvgIpc) is 3.42. The van der Waals surface area contributed by atoms with Crippen LogP contribution in [0.15, 0.2) is 114 Å². The number of rotatable bonds is 9. The minimum absolute atomic E-state index is 0.117. The maximum absolute atomic E-state index is 13.8. The van der Waals surface area contributed by atoms with Gasteiger partial charge in [0.05, 0.1) is 11.9 Å². The monoisotopic (exact) mass is 522 g/mol. The van der Waals surface area contributed by atoms with Gasteiger partial charge in [-0.2, -0.15) is 5.10 Å². The fourth-order valence-electron chi connectivity index (χ4n) is 3.59. The van der Waals surface area contributed by atoms with Crippen molar-refractivity contribution in [1.29, 1.82) is 0 Å². The SMILES string of the molecule is O=C(N/N=C\c1cccc(OCc2ccccc2F)c1)c1ccc(-c2csc(Nc3ccccc3)n2)cc1. The molecule has 38 heavy (non-hydrogen) atoms. The van der Waals surface area contributed by atoms with Crippen LogP contribution in [0.25, 0.3) is 11.3 Å². The maximum atomic E-state index is 13.8. The number of aromatic nitrogens is 1. The standard InChI is InChI=1S/C30H23FN4O2S/c31-27-12-5-4-8-24(27)19-37-26-11-6-7-21(17-26)18-32-35-29(36)23-15-13-22(14-16-23)28-20-38-30(34-28)33-25-9-2-1-3-10-25/h1-18,20H,19H2,(H,33,34)(H,35,36)/b32-18-. The number of para-hydroxylation sites is 1. The second kappa shape index (κ2) is 11.9. The van der Waals surface area contributed by atoms with Gasteiger partial charge in [-0.3, -0.25) is 4.79 Å². The van der Waals surface area contributed by atoms with E-state index in [1.54, 1.807) is 48.5 Å². The van der Waals surface area contributed by atoms with Crippen molar-refractivity contribution in [3.63, 3.8) is 0 Å². The molecule has 1 aromatic heterocycles. The highest BCUT2D eigenvalue weighted by molar-refractivity contribution is 7.14. The molecule has 5 rings (SSSR count). The molecule has 0 aliphatic heterocycles. The second-order valence-corrected chi connectivity index (χ2v) is 9.12. The minimum atomic E-state index is -0.329. The number of hydrazone groups is 1. The van der Waals surface area contributed by atoms with Crippen LogP contribution in [0.1, 0.15) is 21.5 Å². The third-order valence-electron chi connectivity index (χ3n) is 5.56. The minimum Gasteiger partial charge on any atom is -0.489 e. The van der Waals surface area contributed by atoms with Crippen molar-refractivity contribution in [3.05, 3.63) is 131 Å². The molecule has 4 aromatic carbocycles. The van der Waals surface area contributed by atoms with E-state index in [1.165, 1.54) is 23.6 Å². The van der Waals surface area contributed by atoms with E-state index < -0.39 is 0 Å². The number of nitrogens with one attached hydrogen (secondary N) is 2. The molecule has 0 aliphatic rings. The van der Waals surface area contributed by atoms with Gasteiger partial charge in [-0.05, 0) is 48.0 Å². The normalized spacial score (nSPS) is 10.9. The largest absolute Gasteiger partial charge is 0.489 e. The first kappa shape index (κ1) is 24.9. The predicted molar refractivity (Wildman–Crippen MR) is 150 cm³/mol. The summed E-state index contributed by atoms with van der Waals surface area (Å²) in [5.41, 5.74) is 6.94. The number of benzene rings is 4. The van der Waals surface area contributed by atoms with Crippen LogP contribution in [0.2, 0.25) is 0 Å². The first-order valence-corrected chi connectivity index (χ1v) is 12.7. The summed E-state index contributed by atoms with van der Waals surface area (Å²) in [6.45, 7) is 0.117. The van der Waals surface area contributed by atoms with Crippen LogP contribution in [0.5, 0.6) is 5.75 Å². The summed E-state index contributed by atoms with van der Waals surface area (Å²) < 4.78 is 19.5. The molecular formula is C30H23FN4O2S. The van der Waals surface area contributed by atoms with Crippen LogP contribution in [0.4, 0.5) is 15.2 Å². The lowest BCUT2D eigenvalue weighted by Gasteiger charge is -2.07. The summed E-state index contributed by atoms with van der Waals surface area (Å²) in [5, 5.41) is 10.1. The summed E-state index contributed by atoms with van der Waals surface area (Å²) in [6.07, 6.45) is 1.53. The van der Waals surface area contributed by atoms with Crippen molar-refractivity contribution in [3.8, 4) is 17.0 Å². The third-order valence-corrected chi connectivity index (χ3v) is 6.32. The van der Waals surface area contributed by atoms with Crippen LogP contribution < -0.4 is 15.5 Å². The van der Waals surface area contributed by atoms with Crippen molar-refractivity contribution in [2.24, 2.45) is 5.10 Å². The number of hydrogen-bond acceptors (Lipinski definition) is 6. The van der Waals surface area contributed by atoms with E-state index in [0.29, 0.717) is 16.9 Å². The molecule has 188 valence electrons. The average molecular weight is 523 g/mol. The Bertz CT molecular complexity index is 1550. The van der Waals surface area contributed by atoms with Gasteiger partial charge in [-0.1, -0.05) is 60.7 Å². The highest BCUT2D eigenvalue weighted by Crippen LogP contribution is 2.27. The second-order valence-electron chi connectivity index (χ2n) is 8.26. The van der Waals surface area contributed by atoms with Crippen LogP contribution in [0.3, 0.4) is 0 Å². The van der Waals surface area contributed by atoms with Crippen LogP contribution >= 0.6 is 11.3 Å². The smallest absolute Gasteiger partial charge is 0.271 e. The van der Waals surface area contributed by atoms with Crippen LogP contribution in [-0.2, 0) is 6.61 Å². The molecule has 0 spiro atoms. The van der Waals surface area contributed by atoms with Gasteiger partial charge in [0.25, 0.3) is 5.91 Å². The predicted octanol–water partition coefficient (Wildman–Crippen LogP) is 7.04. The van der Waals surface area contributed by atoms with Crippen molar-refractivity contribution in [2.75, 3.05) is 5.32 Å². The van der Waals surface area contributed by atoms with Gasteiger partial charge in [-0.15, -0.1) is 11.3 Å². The molecular weight excluding hydrogens is 499 g/mol. The van der Waals surface area contributed by atoms with Crippen molar-refractivity contribution >= 4 is 34.3 Å². The molecule has 0 radical (unpaired) electrons. The van der Waals surface area contributed by atoms with Gasteiger partial charge in [0, 0.05) is 27.8 Å². The first-order valence-electron chi connectivity index (χ1n) is 11.8. The molecule has 0 bridgehead atoms. The Morgan fingerprint density at radius 3 is 2.55 bits per heavy atom. The Labute approximate surface area is 223 Å².